The zero-order valence-electron chi connectivity index (χ0n) is 18.8. The number of ether oxygens (including phenoxy) is 1. The molecule has 35 heavy (non-hydrogen) atoms. The lowest BCUT2D eigenvalue weighted by molar-refractivity contribution is -0.137. The minimum absolute atomic E-state index is 0.00608. The number of carbonyl (C=O) groups is 1. The minimum Gasteiger partial charge on any atom is -0.507 e. The van der Waals surface area contributed by atoms with E-state index < -0.39 is 24.3 Å². The first-order valence-corrected chi connectivity index (χ1v) is 12.0. The van der Waals surface area contributed by atoms with Gasteiger partial charge in [-0.05, 0) is 38.1 Å². The van der Waals surface area contributed by atoms with E-state index in [1.165, 1.54) is 6.07 Å². The fraction of sp³-hybridized carbons (Fsp3) is 0.391. The van der Waals surface area contributed by atoms with Crippen molar-refractivity contribution in [3.05, 3.63) is 51.5 Å². The number of nitrogens with one attached hydrogen (secondary N) is 1. The van der Waals surface area contributed by atoms with Gasteiger partial charge >= 0.3 is 6.18 Å². The molecule has 0 spiro atoms. The van der Waals surface area contributed by atoms with Crippen molar-refractivity contribution in [2.24, 2.45) is 0 Å². The average Bonchev–Trinajstić information content (AvgIpc) is 3.16. The van der Waals surface area contributed by atoms with Gasteiger partial charge in [0, 0.05) is 35.8 Å². The summed E-state index contributed by atoms with van der Waals surface area (Å²) in [6.45, 7) is 4.92. The summed E-state index contributed by atoms with van der Waals surface area (Å²) in [5, 5.41) is 23.1. The number of hydrogen-bond acceptors (Lipinski definition) is 7. The molecule has 12 heteroatoms. The number of anilines is 1. The monoisotopic (exact) mass is 529 g/mol. The second-order valence-electron chi connectivity index (χ2n) is 8.52. The summed E-state index contributed by atoms with van der Waals surface area (Å²) in [5.41, 5.74) is -0.384. The van der Waals surface area contributed by atoms with Crippen LogP contribution in [0, 0.1) is 0 Å². The van der Waals surface area contributed by atoms with E-state index in [1.54, 1.807) is 6.07 Å². The molecule has 1 aliphatic rings. The summed E-state index contributed by atoms with van der Waals surface area (Å²) in [6, 6.07) is 4.65. The molecule has 0 bridgehead atoms. The molecular weight excluding hydrogens is 507 g/mol. The Labute approximate surface area is 208 Å². The maximum atomic E-state index is 13.2. The van der Waals surface area contributed by atoms with E-state index in [-0.39, 0.29) is 49.5 Å². The molecule has 7 nitrogen and oxygen atoms in total. The molecule has 2 atom stereocenters. The molecule has 3 N–H and O–H groups in total. The summed E-state index contributed by atoms with van der Waals surface area (Å²) < 4.78 is 45.4. The maximum absolute atomic E-state index is 13.2. The van der Waals surface area contributed by atoms with Crippen LogP contribution in [0.4, 0.5) is 18.3 Å². The summed E-state index contributed by atoms with van der Waals surface area (Å²) in [6.07, 6.45) is -4.56. The van der Waals surface area contributed by atoms with E-state index in [1.807, 2.05) is 13.8 Å². The summed E-state index contributed by atoms with van der Waals surface area (Å²) >= 11 is 7.06. The fourth-order valence-electron chi connectivity index (χ4n) is 4.20. The molecule has 2 heterocycles. The molecule has 1 aromatic heterocycles. The van der Waals surface area contributed by atoms with E-state index >= 15 is 0 Å². The lowest BCUT2D eigenvalue weighted by Crippen LogP contribution is -2.44. The standard InChI is InChI=1S/C23H23ClF3N3O4S/c1-11-7-30(8-12(2)34-11)9-13-4-16(24)6-17(20(13)32)21(33)29-22-28-19-14(10-31)3-15(23(25,26)27)5-18(19)35-22/h3-6,11-12,31-32H,7-10H2,1-2H3,(H,28,29,33)/t11-,12+. The first-order valence-electron chi connectivity index (χ1n) is 10.8. The van der Waals surface area contributed by atoms with Crippen molar-refractivity contribution in [1.82, 2.24) is 9.88 Å². The van der Waals surface area contributed by atoms with Crippen LogP contribution < -0.4 is 5.32 Å². The number of aliphatic hydroxyl groups is 1. The largest absolute Gasteiger partial charge is 0.507 e. The van der Waals surface area contributed by atoms with Crippen molar-refractivity contribution >= 4 is 44.2 Å². The van der Waals surface area contributed by atoms with Gasteiger partial charge in [-0.2, -0.15) is 13.2 Å². The SMILES string of the molecule is C[C@@H]1CN(Cc2cc(Cl)cc(C(=O)Nc3nc4c(CO)cc(C(F)(F)F)cc4s3)c2O)C[C@H](C)O1. The van der Waals surface area contributed by atoms with Crippen LogP contribution in [0.3, 0.4) is 0 Å². The van der Waals surface area contributed by atoms with Crippen LogP contribution in [0.25, 0.3) is 10.2 Å². The minimum atomic E-state index is -4.59. The number of phenolic OH excluding ortho intramolecular Hbond substituents is 1. The number of amides is 1. The fourth-order valence-corrected chi connectivity index (χ4v) is 5.39. The molecule has 1 fully saturated rings. The number of hydrogen-bond donors (Lipinski definition) is 3. The number of aromatic nitrogens is 1. The molecule has 1 saturated heterocycles. The molecule has 1 aliphatic heterocycles. The van der Waals surface area contributed by atoms with Gasteiger partial charge in [-0.3, -0.25) is 15.0 Å². The highest BCUT2D eigenvalue weighted by atomic mass is 35.5. The van der Waals surface area contributed by atoms with Gasteiger partial charge in [0.1, 0.15) is 5.75 Å². The van der Waals surface area contributed by atoms with E-state index in [0.717, 1.165) is 23.5 Å². The molecule has 3 aromatic rings. The lowest BCUT2D eigenvalue weighted by Gasteiger charge is -2.35. The number of phenols is 1. The quantitative estimate of drug-likeness (QED) is 0.429. The van der Waals surface area contributed by atoms with Crippen LogP contribution in [0.5, 0.6) is 5.75 Å². The number of aromatic hydroxyl groups is 1. The number of carbonyl (C=O) groups excluding carboxylic acids is 1. The summed E-state index contributed by atoms with van der Waals surface area (Å²) in [4.78, 5) is 19.2. The third-order valence-corrected chi connectivity index (χ3v) is 6.72. The predicted octanol–water partition coefficient (Wildman–Crippen LogP) is 5.03. The van der Waals surface area contributed by atoms with Gasteiger partial charge in [0.15, 0.2) is 5.13 Å². The van der Waals surface area contributed by atoms with Crippen molar-refractivity contribution in [1.29, 1.82) is 0 Å². The first kappa shape index (κ1) is 25.6. The lowest BCUT2D eigenvalue weighted by atomic mass is 10.1. The Morgan fingerprint density at radius 1 is 1.23 bits per heavy atom. The third-order valence-electron chi connectivity index (χ3n) is 5.58. The Balaban J connectivity index is 1.60. The van der Waals surface area contributed by atoms with Gasteiger partial charge in [0.2, 0.25) is 0 Å². The number of alkyl halides is 3. The highest BCUT2D eigenvalue weighted by molar-refractivity contribution is 7.22. The number of halogens is 4. The van der Waals surface area contributed by atoms with Gasteiger partial charge < -0.3 is 14.9 Å². The van der Waals surface area contributed by atoms with Crippen molar-refractivity contribution < 1.29 is 32.9 Å². The predicted molar refractivity (Wildman–Crippen MR) is 127 cm³/mol. The van der Waals surface area contributed by atoms with E-state index in [4.69, 9.17) is 16.3 Å². The van der Waals surface area contributed by atoms with Crippen molar-refractivity contribution in [2.45, 2.75) is 45.4 Å². The molecule has 188 valence electrons. The number of aliphatic hydroxyl groups excluding tert-OH is 1. The molecule has 0 saturated carbocycles. The number of fused-ring (bicyclic) bond motifs is 1. The molecule has 4 rings (SSSR count). The third kappa shape index (κ3) is 5.70. The Kier molecular flexibility index (Phi) is 7.26. The number of thiazole rings is 1. The normalized spacial score (nSPS) is 19.3. The average molecular weight is 530 g/mol. The number of benzene rings is 2. The Morgan fingerprint density at radius 3 is 2.54 bits per heavy atom. The summed E-state index contributed by atoms with van der Waals surface area (Å²) in [7, 11) is 0. The van der Waals surface area contributed by atoms with Crippen molar-refractivity contribution in [3.8, 4) is 5.75 Å². The topological polar surface area (TPSA) is 94.9 Å². The molecular formula is C23H23ClF3N3O4S. The highest BCUT2D eigenvalue weighted by Crippen LogP contribution is 2.37. The van der Waals surface area contributed by atoms with Crippen LogP contribution in [-0.4, -0.2) is 51.3 Å². The Morgan fingerprint density at radius 2 is 1.91 bits per heavy atom. The Hall–Kier alpha value is -2.44. The van der Waals surface area contributed by atoms with Gasteiger partial charge in [0.05, 0.1) is 40.2 Å². The second kappa shape index (κ2) is 9.90. The van der Waals surface area contributed by atoms with Crippen molar-refractivity contribution in [3.63, 3.8) is 0 Å². The number of nitrogens with zero attached hydrogens (tertiary/aromatic N) is 2. The summed E-state index contributed by atoms with van der Waals surface area (Å²) in [5.74, 6) is -0.953. The number of morpholine rings is 1. The van der Waals surface area contributed by atoms with Gasteiger partial charge in [-0.1, -0.05) is 22.9 Å². The highest BCUT2D eigenvalue weighted by Gasteiger charge is 2.32. The van der Waals surface area contributed by atoms with E-state index in [2.05, 4.69) is 15.2 Å². The van der Waals surface area contributed by atoms with Crippen molar-refractivity contribution in [2.75, 3.05) is 18.4 Å². The maximum Gasteiger partial charge on any atom is 0.416 e. The number of rotatable bonds is 5. The van der Waals surface area contributed by atoms with E-state index in [9.17, 15) is 28.2 Å². The zero-order chi connectivity index (χ0) is 25.5. The van der Waals surface area contributed by atoms with Crippen LogP contribution in [-0.2, 0) is 24.1 Å². The van der Waals surface area contributed by atoms with Crippen LogP contribution in [0.15, 0.2) is 24.3 Å². The molecule has 2 aromatic carbocycles. The van der Waals surface area contributed by atoms with Gasteiger partial charge in [-0.25, -0.2) is 4.98 Å². The first-order chi connectivity index (χ1) is 16.4. The molecule has 0 aliphatic carbocycles. The smallest absolute Gasteiger partial charge is 0.416 e. The second-order valence-corrected chi connectivity index (χ2v) is 9.99. The van der Waals surface area contributed by atoms with Gasteiger partial charge in [0.25, 0.3) is 5.91 Å². The van der Waals surface area contributed by atoms with Crippen LogP contribution in [0.2, 0.25) is 5.02 Å². The molecule has 0 unspecified atom stereocenters. The molecule has 1 amide bonds. The molecule has 0 radical (unpaired) electrons. The van der Waals surface area contributed by atoms with Gasteiger partial charge in [-0.15, -0.1) is 0 Å². The van der Waals surface area contributed by atoms with E-state index in [0.29, 0.717) is 25.2 Å². The van der Waals surface area contributed by atoms with Crippen LogP contribution >= 0.6 is 22.9 Å². The van der Waals surface area contributed by atoms with Crippen LogP contribution in [0.1, 0.15) is 40.9 Å². The zero-order valence-corrected chi connectivity index (χ0v) is 20.4. The Bertz CT molecular complexity index is 1260.